The van der Waals surface area contributed by atoms with Crippen molar-refractivity contribution in [1.82, 2.24) is 15.8 Å². The lowest BCUT2D eigenvalue weighted by molar-refractivity contribution is -0.121. The number of hydrogen-bond acceptors (Lipinski definition) is 4. The van der Waals surface area contributed by atoms with E-state index in [1.807, 2.05) is 72.3 Å². The van der Waals surface area contributed by atoms with Crippen LogP contribution in [0, 0.1) is 6.92 Å². The number of pyridine rings is 1. The van der Waals surface area contributed by atoms with Gasteiger partial charge in [-0.3, -0.25) is 20.4 Å². The minimum atomic E-state index is -0.379. The maximum absolute atomic E-state index is 12.9. The molecule has 0 unspecified atom stereocenters. The zero-order valence-corrected chi connectivity index (χ0v) is 16.6. The van der Waals surface area contributed by atoms with Crippen LogP contribution in [0.5, 0.6) is 0 Å². The van der Waals surface area contributed by atoms with Gasteiger partial charge in [-0.05, 0) is 41.4 Å². The van der Waals surface area contributed by atoms with Gasteiger partial charge in [-0.15, -0.1) is 0 Å². The summed E-state index contributed by atoms with van der Waals surface area (Å²) in [6.07, 6.45) is 0.218. The second kappa shape index (κ2) is 8.24. The third kappa shape index (κ3) is 4.33. The number of fused-ring (bicyclic) bond motifs is 1. The third-order valence-electron chi connectivity index (χ3n) is 4.57. The van der Waals surface area contributed by atoms with Gasteiger partial charge in [0.05, 0.1) is 23.2 Å². The summed E-state index contributed by atoms with van der Waals surface area (Å²) in [6.45, 7) is 2.02. The number of carbonyl (C=O) groups excluding carboxylic acids is 2. The highest BCUT2D eigenvalue weighted by molar-refractivity contribution is 7.08. The van der Waals surface area contributed by atoms with Crippen LogP contribution in [0.3, 0.4) is 0 Å². The molecule has 144 valence electrons. The van der Waals surface area contributed by atoms with Crippen LogP contribution in [-0.4, -0.2) is 16.8 Å². The molecule has 2 heterocycles. The lowest BCUT2D eigenvalue weighted by atomic mass is 10.0. The van der Waals surface area contributed by atoms with E-state index in [0.717, 1.165) is 27.6 Å². The summed E-state index contributed by atoms with van der Waals surface area (Å²) in [5, 5.41) is 4.55. The summed E-state index contributed by atoms with van der Waals surface area (Å²) in [4.78, 5) is 29.6. The predicted molar refractivity (Wildman–Crippen MR) is 116 cm³/mol. The number of para-hydroxylation sites is 1. The van der Waals surface area contributed by atoms with Crippen molar-refractivity contribution < 1.29 is 9.59 Å². The van der Waals surface area contributed by atoms with Crippen LogP contribution in [0.15, 0.2) is 71.4 Å². The summed E-state index contributed by atoms with van der Waals surface area (Å²) in [5.41, 5.74) is 9.91. The Morgan fingerprint density at radius 3 is 2.55 bits per heavy atom. The molecule has 4 aromatic rings. The van der Waals surface area contributed by atoms with Crippen LogP contribution in [0.2, 0.25) is 0 Å². The summed E-state index contributed by atoms with van der Waals surface area (Å²) in [5.74, 6) is -0.649. The number of aromatic nitrogens is 1. The average Bonchev–Trinajstić information content (AvgIpc) is 3.24. The van der Waals surface area contributed by atoms with Gasteiger partial charge in [0, 0.05) is 10.9 Å². The number of hydrogen-bond donors (Lipinski definition) is 2. The molecule has 0 spiro atoms. The van der Waals surface area contributed by atoms with Crippen LogP contribution < -0.4 is 10.9 Å². The van der Waals surface area contributed by atoms with Crippen LogP contribution in [-0.2, 0) is 11.2 Å². The minimum absolute atomic E-state index is 0.218. The molecule has 0 aliphatic rings. The molecule has 0 saturated heterocycles. The van der Waals surface area contributed by atoms with E-state index in [1.54, 1.807) is 6.07 Å². The monoisotopic (exact) mass is 401 g/mol. The molecule has 4 rings (SSSR count). The van der Waals surface area contributed by atoms with Crippen molar-refractivity contribution in [2.45, 2.75) is 13.3 Å². The molecule has 5 nitrogen and oxygen atoms in total. The Labute approximate surface area is 172 Å². The molecule has 0 aliphatic carbocycles. The van der Waals surface area contributed by atoms with E-state index in [1.165, 1.54) is 11.3 Å². The van der Waals surface area contributed by atoms with Crippen molar-refractivity contribution in [2.75, 3.05) is 0 Å². The fourth-order valence-electron chi connectivity index (χ4n) is 3.05. The molecule has 0 radical (unpaired) electrons. The Balaban J connectivity index is 1.60. The van der Waals surface area contributed by atoms with Gasteiger partial charge in [-0.1, -0.05) is 48.0 Å². The quantitative estimate of drug-likeness (QED) is 0.502. The predicted octanol–water partition coefficient (Wildman–Crippen LogP) is 4.28. The molecule has 2 amide bonds. The summed E-state index contributed by atoms with van der Waals surface area (Å²) in [7, 11) is 0. The number of rotatable bonds is 4. The molecular formula is C23H19N3O2S. The fraction of sp³-hybridized carbons (Fsp3) is 0.0870. The minimum Gasteiger partial charge on any atom is -0.273 e. The first kappa shape index (κ1) is 18.8. The van der Waals surface area contributed by atoms with E-state index in [2.05, 4.69) is 10.9 Å². The molecule has 6 heteroatoms. The number of nitrogens with one attached hydrogen (secondary N) is 2. The van der Waals surface area contributed by atoms with Crippen molar-refractivity contribution >= 4 is 34.1 Å². The summed E-state index contributed by atoms with van der Waals surface area (Å²) < 4.78 is 0. The van der Waals surface area contributed by atoms with Gasteiger partial charge in [0.25, 0.3) is 5.91 Å². The van der Waals surface area contributed by atoms with Crippen molar-refractivity contribution in [3.8, 4) is 11.3 Å². The van der Waals surface area contributed by atoms with Gasteiger partial charge in [0.2, 0.25) is 5.91 Å². The number of hydrazine groups is 1. The van der Waals surface area contributed by atoms with Gasteiger partial charge < -0.3 is 0 Å². The lowest BCUT2D eigenvalue weighted by Crippen LogP contribution is -2.42. The number of amides is 2. The van der Waals surface area contributed by atoms with E-state index < -0.39 is 0 Å². The Morgan fingerprint density at radius 1 is 1.00 bits per heavy atom. The zero-order chi connectivity index (χ0) is 20.2. The lowest BCUT2D eigenvalue weighted by Gasteiger charge is -2.11. The van der Waals surface area contributed by atoms with Gasteiger partial charge >= 0.3 is 0 Å². The first-order valence-corrected chi connectivity index (χ1v) is 10.1. The third-order valence-corrected chi connectivity index (χ3v) is 5.30. The molecule has 0 saturated carbocycles. The van der Waals surface area contributed by atoms with Gasteiger partial charge in [0.15, 0.2) is 0 Å². The van der Waals surface area contributed by atoms with E-state index >= 15 is 0 Å². The second-order valence-corrected chi connectivity index (χ2v) is 7.53. The van der Waals surface area contributed by atoms with E-state index in [0.29, 0.717) is 11.3 Å². The Morgan fingerprint density at radius 2 is 1.79 bits per heavy atom. The first-order chi connectivity index (χ1) is 14.1. The number of aryl methyl sites for hydroxylation is 1. The van der Waals surface area contributed by atoms with Gasteiger partial charge in [0.1, 0.15) is 0 Å². The zero-order valence-electron chi connectivity index (χ0n) is 15.8. The number of thiophene rings is 1. The van der Waals surface area contributed by atoms with Gasteiger partial charge in [-0.25, -0.2) is 4.98 Å². The maximum Gasteiger partial charge on any atom is 0.270 e. The van der Waals surface area contributed by atoms with Gasteiger partial charge in [-0.2, -0.15) is 11.3 Å². The molecule has 0 atom stereocenters. The highest BCUT2D eigenvalue weighted by Crippen LogP contribution is 2.25. The average molecular weight is 401 g/mol. The molecule has 2 aromatic heterocycles. The Hall–Kier alpha value is -3.51. The SMILES string of the molecule is Cc1ccc(-c2cc(C(=O)NNC(=O)Cc3ccsc3)c3ccccc3n2)cc1. The Bertz CT molecular complexity index is 1170. The maximum atomic E-state index is 12.9. The second-order valence-electron chi connectivity index (χ2n) is 6.75. The van der Waals surface area contributed by atoms with Crippen molar-refractivity contribution in [3.63, 3.8) is 0 Å². The fourth-order valence-corrected chi connectivity index (χ4v) is 3.72. The smallest absolute Gasteiger partial charge is 0.270 e. The van der Waals surface area contributed by atoms with E-state index in [-0.39, 0.29) is 18.2 Å². The largest absolute Gasteiger partial charge is 0.273 e. The highest BCUT2D eigenvalue weighted by Gasteiger charge is 2.15. The first-order valence-electron chi connectivity index (χ1n) is 9.17. The molecule has 2 aromatic carbocycles. The molecule has 2 N–H and O–H groups in total. The summed E-state index contributed by atoms with van der Waals surface area (Å²) >= 11 is 1.53. The Kier molecular flexibility index (Phi) is 5.35. The van der Waals surface area contributed by atoms with Crippen molar-refractivity contribution in [2.24, 2.45) is 0 Å². The number of carbonyl (C=O) groups is 2. The van der Waals surface area contributed by atoms with Crippen LogP contribution in [0.1, 0.15) is 21.5 Å². The number of nitrogens with zero attached hydrogens (tertiary/aromatic N) is 1. The van der Waals surface area contributed by atoms with Crippen LogP contribution >= 0.6 is 11.3 Å². The molecule has 0 bridgehead atoms. The van der Waals surface area contributed by atoms with E-state index in [4.69, 9.17) is 4.98 Å². The molecule has 29 heavy (non-hydrogen) atoms. The standard InChI is InChI=1S/C23H19N3O2S/c1-15-6-8-17(9-7-15)21-13-19(18-4-2-3-5-20(18)24-21)23(28)26-25-22(27)12-16-10-11-29-14-16/h2-11,13-14H,12H2,1H3,(H,25,27)(H,26,28). The normalized spacial score (nSPS) is 10.7. The topological polar surface area (TPSA) is 71.1 Å². The summed E-state index contributed by atoms with van der Waals surface area (Å²) in [6, 6.07) is 19.1. The molecule has 0 fully saturated rings. The van der Waals surface area contributed by atoms with E-state index in [9.17, 15) is 9.59 Å². The molecular weight excluding hydrogens is 382 g/mol. The molecule has 0 aliphatic heterocycles. The number of benzene rings is 2. The highest BCUT2D eigenvalue weighted by atomic mass is 32.1. The van der Waals surface area contributed by atoms with Crippen LogP contribution in [0.4, 0.5) is 0 Å². The van der Waals surface area contributed by atoms with Crippen molar-refractivity contribution in [1.29, 1.82) is 0 Å². The van der Waals surface area contributed by atoms with Crippen LogP contribution in [0.25, 0.3) is 22.2 Å². The van der Waals surface area contributed by atoms with Crippen molar-refractivity contribution in [3.05, 3.63) is 88.1 Å².